The summed E-state index contributed by atoms with van der Waals surface area (Å²) in [5.74, 6) is 1.05. The van der Waals surface area contributed by atoms with Crippen LogP contribution >= 0.6 is 0 Å². The molecule has 0 saturated carbocycles. The van der Waals surface area contributed by atoms with E-state index in [1.54, 1.807) is 0 Å². The predicted molar refractivity (Wildman–Crippen MR) is 397 cm³/mol. The van der Waals surface area contributed by atoms with E-state index < -0.39 is 0 Å². The Morgan fingerprint density at radius 1 is 0.204 bits per heavy atom. The number of hydrogen-bond acceptors (Lipinski definition) is 6. The SMILES string of the molecule is N#Cc1ccccc1-c1ccccc1-c1nc(-c2ccc(-n3c4ccc(-c5ccccc5)cc4c4cc(-c5ccccc5)ccc43)cc2-c2ccccc2C#N)nc(-c2ccc(-n3c4ccc(-c5ccccc5)cc4c4cc(-c5ccccc5)ccc43)cc2-c2ccccc2C#N)n1. The Morgan fingerprint density at radius 3 is 0.765 bits per heavy atom. The maximum atomic E-state index is 11.0. The molecule has 0 spiro atoms. The Labute approximate surface area is 566 Å². The molecule has 8 heteroatoms. The van der Waals surface area contributed by atoms with Crippen LogP contribution in [0.5, 0.6) is 0 Å². The van der Waals surface area contributed by atoms with Crippen molar-refractivity contribution in [1.82, 2.24) is 24.1 Å². The van der Waals surface area contributed by atoms with Gasteiger partial charge in [0.2, 0.25) is 0 Å². The van der Waals surface area contributed by atoms with Crippen LogP contribution in [0.2, 0.25) is 0 Å². The van der Waals surface area contributed by atoms with Gasteiger partial charge in [-0.25, -0.2) is 15.0 Å². The lowest BCUT2D eigenvalue weighted by atomic mass is 9.93. The average Bonchev–Trinajstić information content (AvgIpc) is 1.59. The first kappa shape index (κ1) is 58.0. The summed E-state index contributed by atoms with van der Waals surface area (Å²) in [4.78, 5) is 16.6. The highest BCUT2D eigenvalue weighted by Gasteiger charge is 2.26. The molecule has 17 aromatic rings. The Kier molecular flexibility index (Phi) is 14.5. The minimum absolute atomic E-state index is 0.347. The van der Waals surface area contributed by atoms with E-state index in [-0.39, 0.29) is 0 Å². The largest absolute Gasteiger partial charge is 0.309 e. The van der Waals surface area contributed by atoms with E-state index in [1.807, 2.05) is 121 Å². The second-order valence-corrected chi connectivity index (χ2v) is 24.3. The minimum atomic E-state index is 0.347. The number of nitriles is 3. The summed E-state index contributed by atoms with van der Waals surface area (Å²) < 4.78 is 4.62. The van der Waals surface area contributed by atoms with Crippen molar-refractivity contribution >= 4 is 43.6 Å². The number of rotatable bonds is 12. The lowest BCUT2D eigenvalue weighted by Gasteiger charge is -2.18. The monoisotopic (exact) mass is 1250 g/mol. The molecule has 0 N–H and O–H groups in total. The van der Waals surface area contributed by atoms with Gasteiger partial charge in [0.15, 0.2) is 17.5 Å². The molecule has 14 aromatic carbocycles. The molecule has 0 amide bonds. The van der Waals surface area contributed by atoms with Crippen molar-refractivity contribution in [3.63, 3.8) is 0 Å². The van der Waals surface area contributed by atoms with Gasteiger partial charge in [-0.15, -0.1) is 0 Å². The van der Waals surface area contributed by atoms with E-state index in [4.69, 9.17) is 15.0 Å². The highest BCUT2D eigenvalue weighted by molar-refractivity contribution is 6.13. The first-order valence-corrected chi connectivity index (χ1v) is 32.5. The summed E-state index contributed by atoms with van der Waals surface area (Å²) in [5, 5.41) is 37.1. The molecule has 0 aliphatic heterocycles. The molecule has 0 bridgehead atoms. The third-order valence-electron chi connectivity index (χ3n) is 18.8. The number of benzene rings is 14. The topological polar surface area (TPSA) is 120 Å². The van der Waals surface area contributed by atoms with Crippen molar-refractivity contribution in [2.24, 2.45) is 0 Å². The van der Waals surface area contributed by atoms with Crippen LogP contribution in [-0.4, -0.2) is 24.1 Å². The van der Waals surface area contributed by atoms with Gasteiger partial charge in [0.05, 0.1) is 57.0 Å². The standard InChI is InChI=1S/C90H54N8/c91-55-66-29-13-16-32-71(66)74-35-19-20-36-75(74)88-94-89(76-43-41-69(53-78(76)72-33-17-14-30-67(72)56-92)97-84-45-37-62(58-21-5-1-6-22-58)49-80(84)81-50-63(38-46-85(81)97)59-23-7-2-8-24-59)96-90(95-88)77-44-42-70(54-79(77)73-34-18-15-31-68(73)57-93)98-86-47-39-64(60-25-9-3-10-26-60)51-82(86)83-52-65(40-48-87(83)98)61-27-11-4-12-28-61/h1-54H. The van der Waals surface area contributed by atoms with E-state index in [1.165, 1.54) is 0 Å². The molecule has 3 heterocycles. The molecule has 0 unspecified atom stereocenters. The Hall–Kier alpha value is -13.8. The zero-order chi connectivity index (χ0) is 65.6. The van der Waals surface area contributed by atoms with E-state index in [2.05, 4.69) is 234 Å². The highest BCUT2D eigenvalue weighted by atomic mass is 15.0. The van der Waals surface area contributed by atoms with Crippen molar-refractivity contribution in [2.45, 2.75) is 0 Å². The van der Waals surface area contributed by atoms with Crippen molar-refractivity contribution < 1.29 is 0 Å². The van der Waals surface area contributed by atoms with Crippen LogP contribution < -0.4 is 0 Å². The van der Waals surface area contributed by atoms with Gasteiger partial charge in [-0.3, -0.25) is 0 Å². The Morgan fingerprint density at radius 2 is 0.459 bits per heavy atom. The second kappa shape index (κ2) is 24.6. The summed E-state index contributed by atoms with van der Waals surface area (Å²) in [6.07, 6.45) is 0. The van der Waals surface area contributed by atoms with Gasteiger partial charge >= 0.3 is 0 Å². The number of fused-ring (bicyclic) bond motifs is 6. The zero-order valence-electron chi connectivity index (χ0n) is 52.8. The van der Waals surface area contributed by atoms with Gasteiger partial charge in [0.1, 0.15) is 0 Å². The molecule has 454 valence electrons. The minimum Gasteiger partial charge on any atom is -0.309 e. The molecule has 0 aliphatic carbocycles. The quantitative estimate of drug-likeness (QED) is 0.120. The molecule has 98 heavy (non-hydrogen) atoms. The average molecular weight is 1250 g/mol. The zero-order valence-corrected chi connectivity index (χ0v) is 52.8. The van der Waals surface area contributed by atoms with Crippen LogP contribution in [0.1, 0.15) is 16.7 Å². The predicted octanol–water partition coefficient (Wildman–Crippen LogP) is 22.4. The fourth-order valence-electron chi connectivity index (χ4n) is 14.1. The van der Waals surface area contributed by atoms with Crippen molar-refractivity contribution in [1.29, 1.82) is 15.8 Å². The van der Waals surface area contributed by atoms with Crippen LogP contribution in [0.4, 0.5) is 0 Å². The molecule has 3 aromatic heterocycles. The lowest BCUT2D eigenvalue weighted by molar-refractivity contribution is 1.07. The Bertz CT molecular complexity index is 5630. The van der Waals surface area contributed by atoms with E-state index in [0.29, 0.717) is 62.0 Å². The van der Waals surface area contributed by atoms with Crippen LogP contribution in [0.15, 0.2) is 328 Å². The van der Waals surface area contributed by atoms with E-state index >= 15 is 0 Å². The molecule has 17 rings (SSSR count). The van der Waals surface area contributed by atoms with Gasteiger partial charge in [-0.1, -0.05) is 224 Å². The maximum absolute atomic E-state index is 11.0. The van der Waals surface area contributed by atoms with Gasteiger partial charge < -0.3 is 9.13 Å². The summed E-state index contributed by atoms with van der Waals surface area (Å²) in [7, 11) is 0. The van der Waals surface area contributed by atoms with E-state index in [9.17, 15) is 15.8 Å². The maximum Gasteiger partial charge on any atom is 0.164 e. The molecule has 0 aliphatic rings. The van der Waals surface area contributed by atoms with E-state index in [0.717, 1.165) is 122 Å². The fraction of sp³-hybridized carbons (Fsp3) is 0. The van der Waals surface area contributed by atoms with Crippen LogP contribution in [0, 0.1) is 34.0 Å². The van der Waals surface area contributed by atoms with Gasteiger partial charge in [-0.2, -0.15) is 15.8 Å². The van der Waals surface area contributed by atoms with Gasteiger partial charge in [0.25, 0.3) is 0 Å². The lowest BCUT2D eigenvalue weighted by Crippen LogP contribution is -2.04. The smallest absolute Gasteiger partial charge is 0.164 e. The normalized spacial score (nSPS) is 11.2. The first-order chi connectivity index (χ1) is 48.5. The molecule has 0 fully saturated rings. The summed E-state index contributed by atoms with van der Waals surface area (Å²) >= 11 is 0. The number of aromatic nitrogens is 5. The van der Waals surface area contributed by atoms with Gasteiger partial charge in [0, 0.05) is 66.3 Å². The second-order valence-electron chi connectivity index (χ2n) is 24.3. The highest BCUT2D eigenvalue weighted by Crippen LogP contribution is 2.45. The van der Waals surface area contributed by atoms with Gasteiger partial charge in [-0.05, 0) is 164 Å². The first-order valence-electron chi connectivity index (χ1n) is 32.5. The number of nitrogens with zero attached hydrogens (tertiary/aromatic N) is 8. The third kappa shape index (κ3) is 10.2. The molecular weight excluding hydrogens is 1190 g/mol. The van der Waals surface area contributed by atoms with Crippen molar-refractivity contribution in [2.75, 3.05) is 0 Å². The number of hydrogen-bond donors (Lipinski definition) is 0. The van der Waals surface area contributed by atoms with Crippen LogP contribution in [0.3, 0.4) is 0 Å². The molecular formula is C90H54N8. The molecule has 8 nitrogen and oxygen atoms in total. The molecule has 0 atom stereocenters. The van der Waals surface area contributed by atoms with Crippen LogP contribution in [0.25, 0.3) is 167 Å². The Balaban J connectivity index is 0.916. The third-order valence-corrected chi connectivity index (χ3v) is 18.8. The summed E-state index contributed by atoms with van der Waals surface area (Å²) in [6.45, 7) is 0. The van der Waals surface area contributed by atoms with Crippen molar-refractivity contribution in [3.05, 3.63) is 344 Å². The van der Waals surface area contributed by atoms with Crippen molar-refractivity contribution in [3.8, 4) is 142 Å². The molecule has 0 radical (unpaired) electrons. The summed E-state index contributed by atoms with van der Waals surface area (Å²) in [5.41, 5.74) is 22.5. The molecule has 0 saturated heterocycles. The summed E-state index contributed by atoms with van der Waals surface area (Å²) in [6, 6.07) is 120. The van der Waals surface area contributed by atoms with Crippen LogP contribution in [-0.2, 0) is 0 Å². The fourth-order valence-corrected chi connectivity index (χ4v) is 14.1.